The molecule has 0 amide bonds. The van der Waals surface area contributed by atoms with Crippen molar-refractivity contribution in [1.82, 2.24) is 0 Å². The molecule has 110 valence electrons. The summed E-state index contributed by atoms with van der Waals surface area (Å²) in [7, 11) is 1.23. The van der Waals surface area contributed by atoms with Crippen molar-refractivity contribution in [2.75, 3.05) is 7.11 Å². The maximum absolute atomic E-state index is 11.9. The van der Waals surface area contributed by atoms with Crippen molar-refractivity contribution in [3.05, 3.63) is 74.8 Å². The van der Waals surface area contributed by atoms with E-state index in [0.717, 1.165) is 0 Å². The maximum atomic E-state index is 11.9. The predicted molar refractivity (Wildman–Crippen MR) is 81.6 cm³/mol. The van der Waals surface area contributed by atoms with Crippen LogP contribution >= 0.6 is 0 Å². The van der Waals surface area contributed by atoms with Crippen molar-refractivity contribution in [3.63, 3.8) is 0 Å². The molecular formula is C17H13NO4. The molecule has 22 heavy (non-hydrogen) atoms. The Morgan fingerprint density at radius 2 is 1.86 bits per heavy atom. The molecule has 0 saturated carbocycles. The van der Waals surface area contributed by atoms with Crippen LogP contribution in [0.25, 0.3) is 0 Å². The van der Waals surface area contributed by atoms with Crippen LogP contribution in [-0.4, -0.2) is 18.0 Å². The Kier molecular flexibility index (Phi) is 4.54. The number of nitro benzene ring substituents is 1. The second kappa shape index (κ2) is 6.55. The number of carbonyl (C=O) groups excluding carboxylic acids is 1. The van der Waals surface area contributed by atoms with Gasteiger partial charge < -0.3 is 4.74 Å². The first kappa shape index (κ1) is 15.3. The van der Waals surface area contributed by atoms with Gasteiger partial charge in [0.1, 0.15) is 5.56 Å². The van der Waals surface area contributed by atoms with Crippen molar-refractivity contribution in [1.29, 1.82) is 0 Å². The van der Waals surface area contributed by atoms with Crippen molar-refractivity contribution in [3.8, 4) is 11.8 Å². The van der Waals surface area contributed by atoms with Crippen LogP contribution in [0.4, 0.5) is 5.69 Å². The number of hydrogen-bond acceptors (Lipinski definition) is 4. The van der Waals surface area contributed by atoms with E-state index >= 15 is 0 Å². The van der Waals surface area contributed by atoms with E-state index in [-0.39, 0.29) is 16.8 Å². The predicted octanol–water partition coefficient (Wildman–Crippen LogP) is 3.09. The molecule has 0 aliphatic rings. The van der Waals surface area contributed by atoms with Gasteiger partial charge in [-0.3, -0.25) is 10.1 Å². The van der Waals surface area contributed by atoms with Gasteiger partial charge in [-0.1, -0.05) is 30.0 Å². The lowest BCUT2D eigenvalue weighted by Crippen LogP contribution is -2.07. The molecule has 0 saturated heterocycles. The zero-order valence-electron chi connectivity index (χ0n) is 12.1. The summed E-state index contributed by atoms with van der Waals surface area (Å²) < 4.78 is 4.69. The molecule has 0 bridgehead atoms. The van der Waals surface area contributed by atoms with E-state index in [1.54, 1.807) is 19.1 Å². The van der Waals surface area contributed by atoms with Gasteiger partial charge in [0.2, 0.25) is 0 Å². The zero-order chi connectivity index (χ0) is 16.1. The third-order valence-corrected chi connectivity index (χ3v) is 2.97. The third kappa shape index (κ3) is 3.30. The fourth-order valence-electron chi connectivity index (χ4n) is 1.97. The number of benzene rings is 2. The van der Waals surface area contributed by atoms with Crippen LogP contribution in [-0.2, 0) is 4.74 Å². The first-order chi connectivity index (χ1) is 10.5. The van der Waals surface area contributed by atoms with Crippen LogP contribution in [0.15, 0.2) is 42.5 Å². The summed E-state index contributed by atoms with van der Waals surface area (Å²) in [6.07, 6.45) is 0. The molecule has 5 heteroatoms. The van der Waals surface area contributed by atoms with E-state index in [0.29, 0.717) is 11.1 Å². The van der Waals surface area contributed by atoms with Crippen LogP contribution in [0.1, 0.15) is 27.0 Å². The van der Waals surface area contributed by atoms with Crippen molar-refractivity contribution in [2.45, 2.75) is 6.92 Å². The second-order valence-electron chi connectivity index (χ2n) is 4.57. The molecule has 0 aliphatic heterocycles. The lowest BCUT2D eigenvalue weighted by atomic mass is 10.0. The summed E-state index contributed by atoms with van der Waals surface area (Å²) in [5, 5.41) is 11.2. The SMILES string of the molecule is COC(=O)c1cc(C)cc([N+](=O)[O-])c1C#Cc1ccccc1. The highest BCUT2D eigenvalue weighted by atomic mass is 16.6. The van der Waals surface area contributed by atoms with Gasteiger partial charge in [0.05, 0.1) is 17.6 Å². The minimum atomic E-state index is -0.649. The number of esters is 1. The number of rotatable bonds is 2. The largest absolute Gasteiger partial charge is 0.465 e. The van der Waals surface area contributed by atoms with E-state index in [4.69, 9.17) is 0 Å². The van der Waals surface area contributed by atoms with Gasteiger partial charge in [0, 0.05) is 11.6 Å². The monoisotopic (exact) mass is 295 g/mol. The maximum Gasteiger partial charge on any atom is 0.339 e. The Labute approximate surface area is 127 Å². The molecule has 5 nitrogen and oxygen atoms in total. The van der Waals surface area contributed by atoms with E-state index in [1.165, 1.54) is 19.2 Å². The van der Waals surface area contributed by atoms with Crippen molar-refractivity contribution >= 4 is 11.7 Å². The van der Waals surface area contributed by atoms with E-state index in [2.05, 4.69) is 16.6 Å². The second-order valence-corrected chi connectivity index (χ2v) is 4.57. The summed E-state index contributed by atoms with van der Waals surface area (Å²) >= 11 is 0. The fourth-order valence-corrected chi connectivity index (χ4v) is 1.97. The van der Waals surface area contributed by atoms with Gasteiger partial charge in [-0.15, -0.1) is 0 Å². The molecule has 0 N–H and O–H groups in total. The van der Waals surface area contributed by atoms with Crippen LogP contribution < -0.4 is 0 Å². The number of hydrogen-bond donors (Lipinski definition) is 0. The molecule has 0 spiro atoms. The Morgan fingerprint density at radius 3 is 2.45 bits per heavy atom. The summed E-state index contributed by atoms with van der Waals surface area (Å²) in [6, 6.07) is 12.0. The fraction of sp³-hybridized carbons (Fsp3) is 0.118. The number of nitrogens with zero attached hydrogens (tertiary/aromatic N) is 1. The lowest BCUT2D eigenvalue weighted by molar-refractivity contribution is -0.385. The molecule has 0 radical (unpaired) electrons. The number of methoxy groups -OCH3 is 1. The highest BCUT2D eigenvalue weighted by molar-refractivity contribution is 5.94. The van der Waals surface area contributed by atoms with E-state index in [1.807, 2.05) is 18.2 Å². The molecule has 2 aromatic rings. The molecule has 0 aliphatic carbocycles. The Balaban J connectivity index is 2.64. The van der Waals surface area contributed by atoms with Gasteiger partial charge in [-0.05, 0) is 30.7 Å². The summed E-state index contributed by atoms with van der Waals surface area (Å²) in [5.74, 6) is 4.91. The topological polar surface area (TPSA) is 69.4 Å². The Morgan fingerprint density at radius 1 is 1.18 bits per heavy atom. The average molecular weight is 295 g/mol. The molecule has 0 fully saturated rings. The first-order valence-electron chi connectivity index (χ1n) is 6.47. The van der Waals surface area contributed by atoms with E-state index in [9.17, 15) is 14.9 Å². The average Bonchev–Trinajstić information content (AvgIpc) is 2.53. The third-order valence-electron chi connectivity index (χ3n) is 2.97. The summed E-state index contributed by atoms with van der Waals surface area (Å²) in [4.78, 5) is 22.5. The Hall–Kier alpha value is -3.13. The van der Waals surface area contributed by atoms with Crippen molar-refractivity contribution in [2.24, 2.45) is 0 Å². The first-order valence-corrected chi connectivity index (χ1v) is 6.47. The van der Waals surface area contributed by atoms with Crippen LogP contribution in [0.3, 0.4) is 0 Å². The normalized spacial score (nSPS) is 9.55. The molecule has 2 rings (SSSR count). The van der Waals surface area contributed by atoms with Crippen LogP contribution in [0, 0.1) is 28.9 Å². The Bertz CT molecular complexity index is 786. The molecular weight excluding hydrogens is 282 g/mol. The van der Waals surface area contributed by atoms with Gasteiger partial charge in [-0.25, -0.2) is 4.79 Å². The number of carbonyl (C=O) groups is 1. The molecule has 0 unspecified atom stereocenters. The lowest BCUT2D eigenvalue weighted by Gasteiger charge is -2.05. The minimum Gasteiger partial charge on any atom is -0.465 e. The van der Waals surface area contributed by atoms with Crippen molar-refractivity contribution < 1.29 is 14.5 Å². The standard InChI is InChI=1S/C17H13NO4/c1-12-10-15(17(19)22-2)14(16(11-12)18(20)21)9-8-13-6-4-3-5-7-13/h3-7,10-11H,1-2H3. The van der Waals surface area contributed by atoms with Gasteiger partial charge in [-0.2, -0.15) is 0 Å². The zero-order valence-corrected chi connectivity index (χ0v) is 12.1. The van der Waals surface area contributed by atoms with Gasteiger partial charge in [0.15, 0.2) is 0 Å². The van der Waals surface area contributed by atoms with Gasteiger partial charge in [0.25, 0.3) is 5.69 Å². The quantitative estimate of drug-likeness (QED) is 0.369. The van der Waals surface area contributed by atoms with E-state index < -0.39 is 10.9 Å². The smallest absolute Gasteiger partial charge is 0.339 e. The molecule has 2 aromatic carbocycles. The number of ether oxygens (including phenoxy) is 1. The number of aryl methyl sites for hydroxylation is 1. The highest BCUT2D eigenvalue weighted by Gasteiger charge is 2.22. The molecule has 0 aromatic heterocycles. The van der Waals surface area contributed by atoms with Crippen LogP contribution in [0.2, 0.25) is 0 Å². The summed E-state index contributed by atoms with van der Waals surface area (Å²) in [6.45, 7) is 1.67. The molecule has 0 atom stereocenters. The highest BCUT2D eigenvalue weighted by Crippen LogP contribution is 2.24. The van der Waals surface area contributed by atoms with Gasteiger partial charge >= 0.3 is 5.97 Å². The minimum absolute atomic E-state index is 0.0614. The van der Waals surface area contributed by atoms with Crippen LogP contribution in [0.5, 0.6) is 0 Å². The molecule has 0 heterocycles. The number of nitro groups is 1. The summed E-state index contributed by atoms with van der Waals surface area (Å²) in [5.41, 5.74) is 1.25.